The number of nitrogens with zero attached hydrogens (tertiary/aromatic N) is 2. The minimum absolute atomic E-state index is 0.0980. The highest BCUT2D eigenvalue weighted by molar-refractivity contribution is 5.99. The van der Waals surface area contributed by atoms with E-state index in [4.69, 9.17) is 0 Å². The van der Waals surface area contributed by atoms with Crippen LogP contribution < -0.4 is 9.80 Å². The van der Waals surface area contributed by atoms with Crippen LogP contribution in [0.1, 0.15) is 67.8 Å². The van der Waals surface area contributed by atoms with Gasteiger partial charge in [0, 0.05) is 34.7 Å². The van der Waals surface area contributed by atoms with Crippen LogP contribution in [0.4, 0.5) is 34.1 Å². The summed E-state index contributed by atoms with van der Waals surface area (Å²) in [5, 5.41) is 0. The van der Waals surface area contributed by atoms with Gasteiger partial charge in [0.2, 0.25) is 0 Å². The van der Waals surface area contributed by atoms with Crippen molar-refractivity contribution in [1.82, 2.24) is 0 Å². The summed E-state index contributed by atoms with van der Waals surface area (Å²) in [7, 11) is 0. The maximum absolute atomic E-state index is 2.51. The molecule has 0 radical (unpaired) electrons. The molecule has 3 aliphatic carbocycles. The molecule has 0 aromatic heterocycles. The van der Waals surface area contributed by atoms with Crippen molar-refractivity contribution in [2.24, 2.45) is 0 Å². The second kappa shape index (κ2) is 10.9. The molecule has 13 rings (SSSR count). The summed E-state index contributed by atoms with van der Waals surface area (Å²) < 4.78 is 0. The molecule has 2 nitrogen and oxygen atoms in total. The SMILES string of the molecule is c1ccc(N2c3ccccc3C3c4ccccc4N(c4ccccc4)c4cc(-c5cccc6c5C5c7ccccc7C6c6ccccc65)cc2c43)cc1. The second-order valence-electron chi connectivity index (χ2n) is 14.8. The third-order valence-electron chi connectivity index (χ3n) is 12.2. The number of fused-ring (bicyclic) bond motifs is 4. The van der Waals surface area contributed by atoms with Crippen molar-refractivity contribution in [3.8, 4) is 11.1 Å². The highest BCUT2D eigenvalue weighted by Crippen LogP contribution is 2.62. The van der Waals surface area contributed by atoms with E-state index in [0.29, 0.717) is 0 Å². The zero-order valence-corrected chi connectivity index (χ0v) is 29.0. The molecule has 248 valence electrons. The molecule has 0 saturated carbocycles. The predicted octanol–water partition coefficient (Wildman–Crippen LogP) is 13.1. The summed E-state index contributed by atoms with van der Waals surface area (Å²) in [6, 6.07) is 70.3. The largest absolute Gasteiger partial charge is 0.310 e. The summed E-state index contributed by atoms with van der Waals surface area (Å²) in [6.45, 7) is 0. The van der Waals surface area contributed by atoms with Crippen molar-refractivity contribution in [3.05, 3.63) is 238 Å². The smallest absolute Gasteiger partial charge is 0.0530 e. The van der Waals surface area contributed by atoms with Gasteiger partial charge < -0.3 is 9.80 Å². The molecule has 0 atom stereocenters. The van der Waals surface area contributed by atoms with Crippen LogP contribution >= 0.6 is 0 Å². The Morgan fingerprint density at radius 1 is 0.283 bits per heavy atom. The van der Waals surface area contributed by atoms with E-state index in [9.17, 15) is 0 Å². The minimum atomic E-state index is 0.0980. The van der Waals surface area contributed by atoms with E-state index in [0.717, 1.165) is 0 Å². The van der Waals surface area contributed by atoms with Crippen LogP contribution in [0.5, 0.6) is 0 Å². The van der Waals surface area contributed by atoms with Crippen molar-refractivity contribution < 1.29 is 0 Å². The molecule has 0 unspecified atom stereocenters. The zero-order chi connectivity index (χ0) is 34.6. The Labute approximate surface area is 309 Å². The molecule has 2 bridgehead atoms. The van der Waals surface area contributed by atoms with Crippen LogP contribution in [0.3, 0.4) is 0 Å². The molecular formula is C51H34N2. The van der Waals surface area contributed by atoms with Gasteiger partial charge in [0.1, 0.15) is 0 Å². The van der Waals surface area contributed by atoms with Gasteiger partial charge in [-0.2, -0.15) is 0 Å². The third-order valence-corrected chi connectivity index (χ3v) is 12.2. The van der Waals surface area contributed by atoms with Gasteiger partial charge in [-0.25, -0.2) is 0 Å². The fourth-order valence-corrected chi connectivity index (χ4v) is 10.2. The Morgan fingerprint density at radius 2 is 0.679 bits per heavy atom. The number of hydrogen-bond acceptors (Lipinski definition) is 2. The lowest BCUT2D eigenvalue weighted by Gasteiger charge is -2.46. The van der Waals surface area contributed by atoms with Crippen LogP contribution in [-0.2, 0) is 0 Å². The standard InChI is InChI=1S/C51H34N2/c1-3-16-33(17-4-1)52-43-28-13-11-24-40(43)50-41-25-12-14-29-44(41)53(34-18-5-2-6-19-34)46-31-32(30-45(52)51(46)50)35-26-15-27-42-47-36-20-7-9-22-38(36)49(48(35)42)39-23-10-8-21-37(39)47/h1-31,47,49-50H. The Morgan fingerprint density at radius 3 is 1.19 bits per heavy atom. The number of hydrogen-bond donors (Lipinski definition) is 0. The molecule has 0 amide bonds. The van der Waals surface area contributed by atoms with Gasteiger partial charge in [-0.15, -0.1) is 0 Å². The zero-order valence-electron chi connectivity index (χ0n) is 29.0. The minimum Gasteiger partial charge on any atom is -0.310 e. The molecule has 0 saturated heterocycles. The molecule has 5 aliphatic rings. The number of anilines is 6. The molecule has 8 aromatic rings. The van der Waals surface area contributed by atoms with E-state index in [1.165, 1.54) is 95.3 Å². The fraction of sp³-hybridized carbons (Fsp3) is 0.0588. The van der Waals surface area contributed by atoms with Crippen molar-refractivity contribution in [2.75, 3.05) is 9.80 Å². The molecule has 0 spiro atoms. The molecule has 8 aromatic carbocycles. The van der Waals surface area contributed by atoms with E-state index in [1.807, 2.05) is 0 Å². The maximum atomic E-state index is 2.51. The second-order valence-corrected chi connectivity index (χ2v) is 14.8. The monoisotopic (exact) mass is 674 g/mol. The van der Waals surface area contributed by atoms with Crippen molar-refractivity contribution >= 4 is 34.1 Å². The first-order chi connectivity index (χ1) is 26.3. The Hall–Kier alpha value is -6.64. The van der Waals surface area contributed by atoms with E-state index < -0.39 is 0 Å². The van der Waals surface area contributed by atoms with E-state index in [1.54, 1.807) is 0 Å². The molecule has 2 heterocycles. The quantitative estimate of drug-likeness (QED) is 0.184. The summed E-state index contributed by atoms with van der Waals surface area (Å²) in [6.07, 6.45) is 0. The predicted molar refractivity (Wildman–Crippen MR) is 217 cm³/mol. The van der Waals surface area contributed by atoms with E-state index in [2.05, 4.69) is 198 Å². The third kappa shape index (κ3) is 3.93. The normalized spacial score (nSPS) is 16.9. The topological polar surface area (TPSA) is 6.48 Å². The first-order valence-electron chi connectivity index (χ1n) is 18.7. The van der Waals surface area contributed by atoms with Gasteiger partial charge in [-0.3, -0.25) is 0 Å². The van der Waals surface area contributed by atoms with Crippen molar-refractivity contribution in [1.29, 1.82) is 0 Å². The molecule has 2 heteroatoms. The lowest BCUT2D eigenvalue weighted by Crippen LogP contribution is -2.29. The highest BCUT2D eigenvalue weighted by atomic mass is 15.2. The van der Waals surface area contributed by atoms with Crippen LogP contribution in [0.15, 0.2) is 188 Å². The van der Waals surface area contributed by atoms with Gasteiger partial charge >= 0.3 is 0 Å². The average Bonchev–Trinajstić information content (AvgIpc) is 3.23. The van der Waals surface area contributed by atoms with Gasteiger partial charge in [-0.1, -0.05) is 140 Å². The maximum Gasteiger partial charge on any atom is 0.0530 e. The van der Waals surface area contributed by atoms with E-state index >= 15 is 0 Å². The Kier molecular flexibility index (Phi) is 5.98. The summed E-state index contributed by atoms with van der Waals surface area (Å²) in [5.74, 6) is 0.500. The van der Waals surface area contributed by atoms with Gasteiger partial charge in [0.05, 0.1) is 22.7 Å². The molecule has 0 fully saturated rings. The number of benzene rings is 8. The number of para-hydroxylation sites is 4. The van der Waals surface area contributed by atoms with Crippen LogP contribution in [0.25, 0.3) is 11.1 Å². The van der Waals surface area contributed by atoms with Gasteiger partial charge in [0.25, 0.3) is 0 Å². The molecule has 0 N–H and O–H groups in total. The van der Waals surface area contributed by atoms with Crippen molar-refractivity contribution in [3.63, 3.8) is 0 Å². The molecular weight excluding hydrogens is 641 g/mol. The van der Waals surface area contributed by atoms with Crippen LogP contribution in [0, 0.1) is 0 Å². The highest BCUT2D eigenvalue weighted by Gasteiger charge is 2.44. The van der Waals surface area contributed by atoms with Crippen LogP contribution in [0.2, 0.25) is 0 Å². The van der Waals surface area contributed by atoms with Crippen LogP contribution in [-0.4, -0.2) is 0 Å². The summed E-state index contributed by atoms with van der Waals surface area (Å²) >= 11 is 0. The lowest BCUT2D eigenvalue weighted by molar-refractivity contribution is 0.756. The van der Waals surface area contributed by atoms with Gasteiger partial charge in [-0.05, 0) is 104 Å². The summed E-state index contributed by atoms with van der Waals surface area (Å²) in [4.78, 5) is 5.02. The molecule has 2 aliphatic heterocycles. The van der Waals surface area contributed by atoms with E-state index in [-0.39, 0.29) is 17.8 Å². The fourth-order valence-electron chi connectivity index (χ4n) is 10.2. The number of rotatable bonds is 3. The lowest BCUT2D eigenvalue weighted by atomic mass is 9.60. The van der Waals surface area contributed by atoms with Gasteiger partial charge in [0.15, 0.2) is 0 Å². The molecule has 53 heavy (non-hydrogen) atoms. The first-order valence-corrected chi connectivity index (χ1v) is 18.7. The average molecular weight is 675 g/mol. The summed E-state index contributed by atoms with van der Waals surface area (Å²) in [5.41, 5.74) is 22.5. The van der Waals surface area contributed by atoms with Crippen molar-refractivity contribution in [2.45, 2.75) is 17.8 Å². The first kappa shape index (κ1) is 29.0. The Balaban J connectivity index is 1.19. The Bertz CT molecular complexity index is 2610.